The predicted octanol–water partition coefficient (Wildman–Crippen LogP) is 1.15. The molecule has 0 amide bonds. The molecule has 16 heavy (non-hydrogen) atoms. The quantitative estimate of drug-likeness (QED) is 0.885. The average Bonchev–Trinajstić information content (AvgIpc) is 2.61. The van der Waals surface area contributed by atoms with Crippen LogP contribution in [0.25, 0.3) is 0 Å². The SMILES string of the molecule is Cl.O=S(=O)(c1cccs1)N1CCCNCC1. The van der Waals surface area contributed by atoms with Crippen LogP contribution >= 0.6 is 23.7 Å². The van der Waals surface area contributed by atoms with Crippen molar-refractivity contribution in [3.05, 3.63) is 17.5 Å². The Labute approximate surface area is 106 Å². The van der Waals surface area contributed by atoms with E-state index in [1.54, 1.807) is 21.8 Å². The molecule has 0 saturated carbocycles. The molecule has 0 spiro atoms. The van der Waals surface area contributed by atoms with E-state index < -0.39 is 10.0 Å². The van der Waals surface area contributed by atoms with Gasteiger partial charge in [0.1, 0.15) is 4.21 Å². The molecule has 1 N–H and O–H groups in total. The summed E-state index contributed by atoms with van der Waals surface area (Å²) < 4.78 is 26.2. The Morgan fingerprint density at radius 3 is 2.81 bits per heavy atom. The number of hydrogen-bond donors (Lipinski definition) is 1. The molecule has 7 heteroatoms. The van der Waals surface area contributed by atoms with Crippen molar-refractivity contribution < 1.29 is 8.42 Å². The fourth-order valence-electron chi connectivity index (χ4n) is 1.60. The number of nitrogens with zero attached hydrogens (tertiary/aromatic N) is 1. The molecule has 0 aliphatic carbocycles. The third-order valence-corrected chi connectivity index (χ3v) is 5.66. The second kappa shape index (κ2) is 5.97. The molecule has 0 aromatic carbocycles. The van der Waals surface area contributed by atoms with Gasteiger partial charge >= 0.3 is 0 Å². The summed E-state index contributed by atoms with van der Waals surface area (Å²) in [4.78, 5) is 0. The van der Waals surface area contributed by atoms with Gasteiger partial charge in [0.2, 0.25) is 0 Å². The van der Waals surface area contributed by atoms with Crippen LogP contribution in [0.15, 0.2) is 21.7 Å². The van der Waals surface area contributed by atoms with Gasteiger partial charge in [-0.2, -0.15) is 4.31 Å². The summed E-state index contributed by atoms with van der Waals surface area (Å²) in [5.74, 6) is 0. The molecule has 0 atom stereocenters. The van der Waals surface area contributed by atoms with Crippen LogP contribution in [0, 0.1) is 0 Å². The fraction of sp³-hybridized carbons (Fsp3) is 0.556. The highest BCUT2D eigenvalue weighted by Crippen LogP contribution is 2.21. The normalized spacial score (nSPS) is 18.8. The third-order valence-electron chi connectivity index (χ3n) is 2.39. The Balaban J connectivity index is 0.00000128. The predicted molar refractivity (Wildman–Crippen MR) is 67.8 cm³/mol. The molecular formula is C9H15ClN2O2S2. The van der Waals surface area contributed by atoms with Crippen LogP contribution in [-0.2, 0) is 10.0 Å². The molecule has 1 aliphatic heterocycles. The van der Waals surface area contributed by atoms with Gasteiger partial charge in [0, 0.05) is 19.6 Å². The lowest BCUT2D eigenvalue weighted by atomic mass is 10.4. The summed E-state index contributed by atoms with van der Waals surface area (Å²) in [6, 6.07) is 3.44. The Bertz CT molecular complexity index is 397. The minimum absolute atomic E-state index is 0. The van der Waals surface area contributed by atoms with Gasteiger partial charge in [-0.3, -0.25) is 0 Å². The molecule has 1 aromatic rings. The van der Waals surface area contributed by atoms with Crippen molar-refractivity contribution in [2.75, 3.05) is 26.2 Å². The third kappa shape index (κ3) is 2.95. The lowest BCUT2D eigenvalue weighted by molar-refractivity contribution is 0.433. The Hall–Kier alpha value is -0.140. The van der Waals surface area contributed by atoms with Crippen LogP contribution in [0.2, 0.25) is 0 Å². The van der Waals surface area contributed by atoms with Crippen molar-refractivity contribution in [3.63, 3.8) is 0 Å². The van der Waals surface area contributed by atoms with Crippen LogP contribution in [0.4, 0.5) is 0 Å². The van der Waals surface area contributed by atoms with Crippen molar-refractivity contribution in [1.82, 2.24) is 9.62 Å². The first-order valence-corrected chi connectivity index (χ1v) is 7.27. The Morgan fingerprint density at radius 1 is 1.31 bits per heavy atom. The van der Waals surface area contributed by atoms with Crippen molar-refractivity contribution >= 4 is 33.8 Å². The number of halogens is 1. The summed E-state index contributed by atoms with van der Waals surface area (Å²) in [6.45, 7) is 2.83. The highest BCUT2D eigenvalue weighted by Gasteiger charge is 2.25. The second-order valence-corrected chi connectivity index (χ2v) is 6.55. The van der Waals surface area contributed by atoms with Gasteiger partial charge in [-0.05, 0) is 24.4 Å². The number of thiophene rings is 1. The van der Waals surface area contributed by atoms with Crippen molar-refractivity contribution in [2.45, 2.75) is 10.6 Å². The maximum Gasteiger partial charge on any atom is 0.252 e. The van der Waals surface area contributed by atoms with Gasteiger partial charge in [-0.15, -0.1) is 23.7 Å². The summed E-state index contributed by atoms with van der Waals surface area (Å²) >= 11 is 1.28. The minimum Gasteiger partial charge on any atom is -0.315 e. The van der Waals surface area contributed by atoms with Gasteiger partial charge < -0.3 is 5.32 Å². The first kappa shape index (κ1) is 13.9. The molecule has 92 valence electrons. The highest BCUT2D eigenvalue weighted by atomic mass is 35.5. The molecule has 1 aromatic heterocycles. The largest absolute Gasteiger partial charge is 0.315 e. The summed E-state index contributed by atoms with van der Waals surface area (Å²) in [5.41, 5.74) is 0. The van der Waals surface area contributed by atoms with Crippen LogP contribution in [0.5, 0.6) is 0 Å². The standard InChI is InChI=1S/C9H14N2O2S2.ClH/c12-15(13,9-3-1-8-14-9)11-6-2-4-10-5-7-11;/h1,3,8,10H,2,4-7H2;1H. The molecule has 1 fully saturated rings. The van der Waals surface area contributed by atoms with Crippen LogP contribution < -0.4 is 5.32 Å². The molecule has 0 unspecified atom stereocenters. The minimum atomic E-state index is -3.23. The fourth-order valence-corrected chi connectivity index (χ4v) is 4.22. The first-order valence-electron chi connectivity index (χ1n) is 4.95. The van der Waals surface area contributed by atoms with E-state index in [0.29, 0.717) is 17.3 Å². The van der Waals surface area contributed by atoms with E-state index in [9.17, 15) is 8.42 Å². The van der Waals surface area contributed by atoms with Gasteiger partial charge in [0.15, 0.2) is 0 Å². The maximum absolute atomic E-state index is 12.1. The van der Waals surface area contributed by atoms with E-state index in [2.05, 4.69) is 5.32 Å². The highest BCUT2D eigenvalue weighted by molar-refractivity contribution is 7.91. The van der Waals surface area contributed by atoms with Crippen molar-refractivity contribution in [1.29, 1.82) is 0 Å². The zero-order valence-corrected chi connectivity index (χ0v) is 11.2. The molecule has 0 radical (unpaired) electrons. The monoisotopic (exact) mass is 282 g/mol. The molecule has 4 nitrogen and oxygen atoms in total. The number of sulfonamides is 1. The number of rotatable bonds is 2. The summed E-state index contributed by atoms with van der Waals surface area (Å²) in [7, 11) is -3.23. The van der Waals surface area contributed by atoms with Crippen LogP contribution in [0.1, 0.15) is 6.42 Å². The zero-order valence-electron chi connectivity index (χ0n) is 8.76. The van der Waals surface area contributed by atoms with Gasteiger partial charge in [-0.1, -0.05) is 6.07 Å². The van der Waals surface area contributed by atoms with Crippen LogP contribution in [-0.4, -0.2) is 38.9 Å². The summed E-state index contributed by atoms with van der Waals surface area (Å²) in [6.07, 6.45) is 0.880. The van der Waals surface area contributed by atoms with Crippen molar-refractivity contribution in [3.8, 4) is 0 Å². The van der Waals surface area contributed by atoms with Gasteiger partial charge in [-0.25, -0.2) is 8.42 Å². The topological polar surface area (TPSA) is 49.4 Å². The second-order valence-electron chi connectivity index (χ2n) is 3.44. The molecule has 2 rings (SSSR count). The van der Waals surface area contributed by atoms with Crippen LogP contribution in [0.3, 0.4) is 0 Å². The van der Waals surface area contributed by atoms with E-state index in [1.165, 1.54) is 11.3 Å². The maximum atomic E-state index is 12.1. The van der Waals surface area contributed by atoms with E-state index in [4.69, 9.17) is 0 Å². The first-order chi connectivity index (χ1) is 7.21. The molecule has 1 aliphatic rings. The van der Waals surface area contributed by atoms with E-state index >= 15 is 0 Å². The number of nitrogens with one attached hydrogen (secondary N) is 1. The van der Waals surface area contributed by atoms with E-state index in [1.807, 2.05) is 0 Å². The van der Waals surface area contributed by atoms with E-state index in [0.717, 1.165) is 19.5 Å². The molecule has 1 saturated heterocycles. The average molecular weight is 283 g/mol. The smallest absolute Gasteiger partial charge is 0.252 e. The molecule has 2 heterocycles. The zero-order chi connectivity index (χ0) is 10.7. The molecule has 0 bridgehead atoms. The lowest BCUT2D eigenvalue weighted by Crippen LogP contribution is -2.33. The van der Waals surface area contributed by atoms with E-state index in [-0.39, 0.29) is 12.4 Å². The lowest BCUT2D eigenvalue weighted by Gasteiger charge is -2.18. The molecular weight excluding hydrogens is 268 g/mol. The van der Waals surface area contributed by atoms with Gasteiger partial charge in [0.05, 0.1) is 0 Å². The Morgan fingerprint density at radius 2 is 2.12 bits per heavy atom. The number of hydrogen-bond acceptors (Lipinski definition) is 4. The summed E-state index contributed by atoms with van der Waals surface area (Å²) in [5, 5.41) is 4.99. The Kier molecular flexibility index (Phi) is 5.20. The van der Waals surface area contributed by atoms with Gasteiger partial charge in [0.25, 0.3) is 10.0 Å². The van der Waals surface area contributed by atoms with Crippen molar-refractivity contribution in [2.24, 2.45) is 0 Å².